The highest BCUT2D eigenvalue weighted by molar-refractivity contribution is 7.23. The van der Waals surface area contributed by atoms with Gasteiger partial charge in [-0.25, -0.2) is 4.98 Å². The molecule has 0 amide bonds. The summed E-state index contributed by atoms with van der Waals surface area (Å²) in [5, 5.41) is 14.9. The van der Waals surface area contributed by atoms with Gasteiger partial charge in [-0.15, -0.1) is 21.5 Å². The zero-order chi connectivity index (χ0) is 13.8. The summed E-state index contributed by atoms with van der Waals surface area (Å²) in [6, 6.07) is 0.430. The van der Waals surface area contributed by atoms with Crippen molar-refractivity contribution >= 4 is 27.8 Å². The van der Waals surface area contributed by atoms with Crippen molar-refractivity contribution in [2.45, 2.75) is 53.0 Å². The fourth-order valence-electron chi connectivity index (χ4n) is 1.66. The third-order valence-electron chi connectivity index (χ3n) is 2.91. The molecule has 0 fully saturated rings. The molecule has 2 aromatic heterocycles. The minimum Gasteiger partial charge on any atom is -0.358 e. The van der Waals surface area contributed by atoms with Gasteiger partial charge in [0.25, 0.3) is 0 Å². The maximum atomic E-state index is 4.60. The Bertz CT molecular complexity index is 532. The summed E-state index contributed by atoms with van der Waals surface area (Å²) in [7, 11) is 0. The van der Waals surface area contributed by atoms with E-state index >= 15 is 0 Å². The number of nitrogens with zero attached hydrogens (tertiary/aromatic N) is 3. The van der Waals surface area contributed by atoms with Crippen molar-refractivity contribution in [1.82, 2.24) is 15.2 Å². The fraction of sp³-hybridized carbons (Fsp3) is 0.615. The Hall–Kier alpha value is -1.01. The molecule has 0 aliphatic carbocycles. The zero-order valence-electron chi connectivity index (χ0n) is 11.9. The Morgan fingerprint density at radius 2 is 2.00 bits per heavy atom. The molecule has 0 saturated heterocycles. The van der Waals surface area contributed by atoms with Crippen LogP contribution in [0.2, 0.25) is 0 Å². The molecule has 0 aliphatic rings. The van der Waals surface area contributed by atoms with Gasteiger partial charge in [-0.3, -0.25) is 0 Å². The van der Waals surface area contributed by atoms with Crippen molar-refractivity contribution in [3.63, 3.8) is 0 Å². The van der Waals surface area contributed by atoms with E-state index in [9.17, 15) is 0 Å². The summed E-state index contributed by atoms with van der Waals surface area (Å²) >= 11 is 3.36. The predicted octanol–water partition coefficient (Wildman–Crippen LogP) is 4.13. The molecule has 0 spiro atoms. The Labute approximate surface area is 122 Å². The number of thiazole rings is 1. The smallest absolute Gasteiger partial charge is 0.206 e. The topological polar surface area (TPSA) is 50.7 Å². The number of rotatable bonds is 6. The van der Waals surface area contributed by atoms with Gasteiger partial charge < -0.3 is 5.32 Å². The van der Waals surface area contributed by atoms with Gasteiger partial charge in [-0.05, 0) is 33.1 Å². The number of anilines is 1. The number of nitrogens with one attached hydrogen (secondary N) is 1. The highest BCUT2D eigenvalue weighted by atomic mass is 32.1. The van der Waals surface area contributed by atoms with Gasteiger partial charge in [0.05, 0.1) is 15.6 Å². The second-order valence-electron chi connectivity index (χ2n) is 4.64. The third-order valence-corrected chi connectivity index (χ3v) is 5.13. The van der Waals surface area contributed by atoms with Crippen molar-refractivity contribution in [3.05, 3.63) is 10.7 Å². The average Bonchev–Trinajstić information content (AvgIpc) is 2.96. The van der Waals surface area contributed by atoms with Crippen LogP contribution in [0.1, 0.15) is 44.3 Å². The van der Waals surface area contributed by atoms with E-state index in [-0.39, 0.29) is 0 Å². The monoisotopic (exact) mass is 296 g/mol. The average molecular weight is 296 g/mol. The molecular formula is C13H20N4S2. The standard InChI is InChI=1S/C13H20N4S2/c1-5-7-10-15-9(4)11(18-10)12-16-17-13(19-12)14-8(3)6-2/h8H,5-7H2,1-4H3,(H,14,17). The van der Waals surface area contributed by atoms with Gasteiger partial charge in [0, 0.05) is 6.04 Å². The molecule has 19 heavy (non-hydrogen) atoms. The number of hydrogen-bond acceptors (Lipinski definition) is 6. The Balaban J connectivity index is 2.17. The molecule has 2 rings (SSSR count). The SMILES string of the molecule is CCCc1nc(C)c(-c2nnc(NC(C)CC)s2)s1. The lowest BCUT2D eigenvalue weighted by Crippen LogP contribution is -2.12. The van der Waals surface area contributed by atoms with Crippen LogP contribution in [0.3, 0.4) is 0 Å². The molecule has 104 valence electrons. The van der Waals surface area contributed by atoms with E-state index in [4.69, 9.17) is 0 Å². The van der Waals surface area contributed by atoms with Gasteiger partial charge in [-0.2, -0.15) is 0 Å². The molecule has 1 unspecified atom stereocenters. The second-order valence-corrected chi connectivity index (χ2v) is 6.70. The van der Waals surface area contributed by atoms with Crippen molar-refractivity contribution in [2.24, 2.45) is 0 Å². The molecule has 6 heteroatoms. The Kier molecular flexibility index (Phi) is 4.87. The summed E-state index contributed by atoms with van der Waals surface area (Å²) in [6.45, 7) is 8.53. The Morgan fingerprint density at radius 3 is 2.68 bits per heavy atom. The second kappa shape index (κ2) is 6.43. The largest absolute Gasteiger partial charge is 0.358 e. The minimum atomic E-state index is 0.430. The van der Waals surface area contributed by atoms with Gasteiger partial charge >= 0.3 is 0 Å². The molecule has 1 N–H and O–H groups in total. The summed E-state index contributed by atoms with van der Waals surface area (Å²) < 4.78 is 0. The quantitative estimate of drug-likeness (QED) is 0.870. The van der Waals surface area contributed by atoms with E-state index in [0.717, 1.165) is 40.0 Å². The highest BCUT2D eigenvalue weighted by Gasteiger charge is 2.14. The van der Waals surface area contributed by atoms with E-state index in [2.05, 4.69) is 41.3 Å². The van der Waals surface area contributed by atoms with E-state index in [1.807, 2.05) is 6.92 Å². The maximum absolute atomic E-state index is 4.60. The number of aryl methyl sites for hydroxylation is 2. The first kappa shape index (κ1) is 14.4. The highest BCUT2D eigenvalue weighted by Crippen LogP contribution is 2.34. The van der Waals surface area contributed by atoms with Crippen LogP contribution in [0.15, 0.2) is 0 Å². The van der Waals surface area contributed by atoms with Crippen molar-refractivity contribution < 1.29 is 0 Å². The van der Waals surface area contributed by atoms with Gasteiger partial charge in [-0.1, -0.05) is 25.2 Å². The van der Waals surface area contributed by atoms with Crippen molar-refractivity contribution in [2.75, 3.05) is 5.32 Å². The van der Waals surface area contributed by atoms with Crippen LogP contribution < -0.4 is 5.32 Å². The molecule has 0 aliphatic heterocycles. The molecule has 0 saturated carbocycles. The zero-order valence-corrected chi connectivity index (χ0v) is 13.5. The molecule has 2 aromatic rings. The van der Waals surface area contributed by atoms with E-state index < -0.39 is 0 Å². The van der Waals surface area contributed by atoms with Gasteiger partial charge in [0.15, 0.2) is 5.01 Å². The molecule has 0 aromatic carbocycles. The normalized spacial score (nSPS) is 12.6. The molecule has 2 heterocycles. The van der Waals surface area contributed by atoms with Crippen LogP contribution in [0.5, 0.6) is 0 Å². The summed E-state index contributed by atoms with van der Waals surface area (Å²) in [5.41, 5.74) is 1.07. The molecule has 4 nitrogen and oxygen atoms in total. The van der Waals surface area contributed by atoms with Crippen LogP contribution in [0.4, 0.5) is 5.13 Å². The lowest BCUT2D eigenvalue weighted by atomic mass is 10.3. The fourth-order valence-corrected chi connectivity index (χ4v) is 3.80. The first-order valence-electron chi connectivity index (χ1n) is 6.70. The lowest BCUT2D eigenvalue weighted by Gasteiger charge is -2.07. The first-order chi connectivity index (χ1) is 9.13. The van der Waals surface area contributed by atoms with Crippen molar-refractivity contribution in [3.8, 4) is 9.88 Å². The lowest BCUT2D eigenvalue weighted by molar-refractivity contribution is 0.760. The van der Waals surface area contributed by atoms with Gasteiger partial charge in [0.2, 0.25) is 5.13 Å². The number of aromatic nitrogens is 3. The molecular weight excluding hydrogens is 276 g/mol. The summed E-state index contributed by atoms with van der Waals surface area (Å²) in [5.74, 6) is 0. The van der Waals surface area contributed by atoms with Crippen LogP contribution in [-0.4, -0.2) is 21.2 Å². The minimum absolute atomic E-state index is 0.430. The third kappa shape index (κ3) is 3.51. The summed E-state index contributed by atoms with van der Waals surface area (Å²) in [4.78, 5) is 5.77. The van der Waals surface area contributed by atoms with E-state index in [0.29, 0.717) is 6.04 Å². The number of hydrogen-bond donors (Lipinski definition) is 1. The van der Waals surface area contributed by atoms with Crippen LogP contribution in [0, 0.1) is 6.92 Å². The Morgan fingerprint density at radius 1 is 1.21 bits per heavy atom. The van der Waals surface area contributed by atoms with Crippen molar-refractivity contribution in [1.29, 1.82) is 0 Å². The molecule has 1 atom stereocenters. The van der Waals surface area contributed by atoms with E-state index in [1.165, 1.54) is 5.01 Å². The first-order valence-corrected chi connectivity index (χ1v) is 8.34. The maximum Gasteiger partial charge on any atom is 0.206 e. The molecule has 0 bridgehead atoms. The molecule has 0 radical (unpaired) electrons. The van der Waals surface area contributed by atoms with Crippen LogP contribution >= 0.6 is 22.7 Å². The summed E-state index contributed by atoms with van der Waals surface area (Å²) in [6.07, 6.45) is 3.25. The van der Waals surface area contributed by atoms with E-state index in [1.54, 1.807) is 22.7 Å². The van der Waals surface area contributed by atoms with Crippen LogP contribution in [-0.2, 0) is 6.42 Å². The van der Waals surface area contributed by atoms with Gasteiger partial charge in [0.1, 0.15) is 0 Å². The predicted molar refractivity (Wildman–Crippen MR) is 83.1 cm³/mol. The van der Waals surface area contributed by atoms with Crippen LogP contribution in [0.25, 0.3) is 9.88 Å².